The number of morpholine rings is 1. The van der Waals surface area contributed by atoms with E-state index in [4.69, 9.17) is 4.74 Å². The number of ether oxygens (including phenoxy) is 2. The van der Waals surface area contributed by atoms with E-state index >= 15 is 0 Å². The first-order chi connectivity index (χ1) is 14.3. The summed E-state index contributed by atoms with van der Waals surface area (Å²) in [5.41, 5.74) is 0.755. The van der Waals surface area contributed by atoms with Crippen LogP contribution in [0.15, 0.2) is 53.4 Å². The lowest BCUT2D eigenvalue weighted by atomic mass is 10.1. The third kappa shape index (κ3) is 5.13. The number of nitrogens with zero attached hydrogens (tertiary/aromatic N) is 2. The second-order valence-electron chi connectivity index (χ2n) is 6.70. The fourth-order valence-electron chi connectivity index (χ4n) is 3.12. The van der Waals surface area contributed by atoms with Crippen molar-refractivity contribution in [3.05, 3.63) is 59.7 Å². The van der Waals surface area contributed by atoms with Crippen molar-refractivity contribution < 1.29 is 31.5 Å². The first-order valence-corrected chi connectivity index (χ1v) is 10.7. The summed E-state index contributed by atoms with van der Waals surface area (Å²) in [5.74, 6) is -0.444. The van der Waals surface area contributed by atoms with Gasteiger partial charge in [0, 0.05) is 26.7 Å². The fraction of sp³-hybridized carbons (Fsp3) is 0.350. The van der Waals surface area contributed by atoms with Crippen LogP contribution in [0, 0.1) is 0 Å². The number of benzene rings is 2. The Morgan fingerprint density at radius 3 is 2.40 bits per heavy atom. The van der Waals surface area contributed by atoms with Crippen LogP contribution in [0.1, 0.15) is 15.9 Å². The minimum atomic E-state index is -3.84. The Balaban J connectivity index is 1.78. The zero-order valence-electron chi connectivity index (χ0n) is 16.3. The Labute approximate surface area is 173 Å². The summed E-state index contributed by atoms with van der Waals surface area (Å²) in [5, 5.41) is 0. The van der Waals surface area contributed by atoms with Gasteiger partial charge in [-0.25, -0.2) is 8.42 Å². The molecule has 0 saturated carbocycles. The average Bonchev–Trinajstić information content (AvgIpc) is 2.75. The van der Waals surface area contributed by atoms with Crippen LogP contribution >= 0.6 is 0 Å². The molecule has 1 saturated heterocycles. The van der Waals surface area contributed by atoms with Gasteiger partial charge in [-0.05, 0) is 29.8 Å². The van der Waals surface area contributed by atoms with Crippen molar-refractivity contribution in [2.45, 2.75) is 18.1 Å². The highest BCUT2D eigenvalue weighted by molar-refractivity contribution is 7.89. The van der Waals surface area contributed by atoms with E-state index in [1.165, 1.54) is 33.5 Å². The molecular formula is C20H22F2N2O5S. The summed E-state index contributed by atoms with van der Waals surface area (Å²) in [6, 6.07) is 12.0. The maximum Gasteiger partial charge on any atom is 0.387 e. The molecule has 3 rings (SSSR count). The van der Waals surface area contributed by atoms with Gasteiger partial charge in [-0.15, -0.1) is 0 Å². The molecule has 0 radical (unpaired) electrons. The first-order valence-electron chi connectivity index (χ1n) is 9.25. The maximum absolute atomic E-state index is 13.0. The van der Waals surface area contributed by atoms with E-state index in [9.17, 15) is 22.0 Å². The van der Waals surface area contributed by atoms with E-state index < -0.39 is 22.5 Å². The van der Waals surface area contributed by atoms with E-state index in [2.05, 4.69) is 4.74 Å². The number of halogens is 2. The van der Waals surface area contributed by atoms with Crippen molar-refractivity contribution >= 4 is 15.9 Å². The van der Waals surface area contributed by atoms with Crippen molar-refractivity contribution in [3.8, 4) is 5.75 Å². The molecule has 1 heterocycles. The van der Waals surface area contributed by atoms with Crippen molar-refractivity contribution in [3.63, 3.8) is 0 Å². The summed E-state index contributed by atoms with van der Waals surface area (Å²) < 4.78 is 61.4. The zero-order valence-corrected chi connectivity index (χ0v) is 17.1. The van der Waals surface area contributed by atoms with Crippen molar-refractivity contribution in [1.82, 2.24) is 9.21 Å². The number of hydrogen-bond acceptors (Lipinski definition) is 5. The number of sulfonamides is 1. The number of hydrogen-bond donors (Lipinski definition) is 0. The Kier molecular flexibility index (Phi) is 7.01. The van der Waals surface area contributed by atoms with E-state index in [1.807, 2.05) is 0 Å². The van der Waals surface area contributed by atoms with Gasteiger partial charge in [-0.1, -0.05) is 24.3 Å². The van der Waals surface area contributed by atoms with Gasteiger partial charge in [-0.3, -0.25) is 4.79 Å². The summed E-state index contributed by atoms with van der Waals surface area (Å²) in [6.45, 7) is -1.67. The molecule has 162 valence electrons. The molecular weight excluding hydrogens is 418 g/mol. The standard InChI is InChI=1S/C20H22F2N2O5S/c1-23(14-15-6-8-16(9-7-15)29-20(21)22)19(25)17-4-2-3-5-18(17)30(26,27)24-10-12-28-13-11-24/h2-9,20H,10-14H2,1H3. The smallest absolute Gasteiger partial charge is 0.387 e. The average molecular weight is 440 g/mol. The number of amides is 1. The fourth-order valence-corrected chi connectivity index (χ4v) is 4.71. The Morgan fingerprint density at radius 1 is 1.13 bits per heavy atom. The van der Waals surface area contributed by atoms with Crippen molar-refractivity contribution in [1.29, 1.82) is 0 Å². The van der Waals surface area contributed by atoms with Crippen LogP contribution in [0.25, 0.3) is 0 Å². The summed E-state index contributed by atoms with van der Waals surface area (Å²) in [6.07, 6.45) is 0. The normalized spacial score (nSPS) is 15.2. The monoisotopic (exact) mass is 440 g/mol. The molecule has 2 aromatic rings. The lowest BCUT2D eigenvalue weighted by Gasteiger charge is -2.27. The van der Waals surface area contributed by atoms with E-state index in [-0.39, 0.29) is 35.8 Å². The molecule has 0 N–H and O–H groups in total. The lowest BCUT2D eigenvalue weighted by Crippen LogP contribution is -2.41. The van der Waals surface area contributed by atoms with Gasteiger partial charge in [-0.2, -0.15) is 13.1 Å². The van der Waals surface area contributed by atoms with Crippen LogP contribution in [-0.2, 0) is 21.3 Å². The summed E-state index contributed by atoms with van der Waals surface area (Å²) in [4.78, 5) is 14.3. The Bertz CT molecular complexity index is 977. The molecule has 0 atom stereocenters. The summed E-state index contributed by atoms with van der Waals surface area (Å²) >= 11 is 0. The van der Waals surface area contributed by atoms with Crippen LogP contribution in [0.5, 0.6) is 5.75 Å². The van der Waals surface area contributed by atoms with Gasteiger partial charge in [0.15, 0.2) is 0 Å². The minimum Gasteiger partial charge on any atom is -0.435 e. The third-order valence-electron chi connectivity index (χ3n) is 4.62. The van der Waals surface area contributed by atoms with Crippen LogP contribution in [0.3, 0.4) is 0 Å². The molecule has 10 heteroatoms. The van der Waals surface area contributed by atoms with Crippen molar-refractivity contribution in [2.24, 2.45) is 0 Å². The molecule has 0 unspecified atom stereocenters. The first kappa shape index (κ1) is 22.1. The number of carbonyl (C=O) groups is 1. The molecule has 0 aromatic heterocycles. The zero-order chi connectivity index (χ0) is 21.7. The predicted molar refractivity (Wildman–Crippen MR) is 105 cm³/mol. The Morgan fingerprint density at radius 2 is 1.77 bits per heavy atom. The van der Waals surface area contributed by atoms with Crippen LogP contribution in [0.4, 0.5) is 8.78 Å². The second kappa shape index (κ2) is 9.50. The number of alkyl halides is 2. The molecule has 1 aliphatic rings. The lowest BCUT2D eigenvalue weighted by molar-refractivity contribution is -0.0498. The molecule has 2 aromatic carbocycles. The van der Waals surface area contributed by atoms with Crippen LogP contribution < -0.4 is 4.74 Å². The molecule has 1 fully saturated rings. The minimum absolute atomic E-state index is 0.0182. The Hall–Kier alpha value is -2.56. The van der Waals surface area contributed by atoms with Gasteiger partial charge < -0.3 is 14.4 Å². The highest BCUT2D eigenvalue weighted by atomic mass is 32.2. The molecule has 1 aliphatic heterocycles. The van der Waals surface area contributed by atoms with Gasteiger partial charge in [0.05, 0.1) is 23.7 Å². The topological polar surface area (TPSA) is 76.2 Å². The highest BCUT2D eigenvalue weighted by Gasteiger charge is 2.30. The van der Waals surface area contributed by atoms with Gasteiger partial charge >= 0.3 is 6.61 Å². The maximum atomic E-state index is 13.0. The van der Waals surface area contributed by atoms with Gasteiger partial charge in [0.1, 0.15) is 5.75 Å². The second-order valence-corrected chi connectivity index (χ2v) is 8.60. The molecule has 1 amide bonds. The quantitative estimate of drug-likeness (QED) is 0.662. The molecule has 0 spiro atoms. The molecule has 0 bridgehead atoms. The van der Waals surface area contributed by atoms with Gasteiger partial charge in [0.2, 0.25) is 10.0 Å². The van der Waals surface area contributed by atoms with Gasteiger partial charge in [0.25, 0.3) is 5.91 Å². The van der Waals surface area contributed by atoms with Crippen molar-refractivity contribution in [2.75, 3.05) is 33.4 Å². The number of rotatable bonds is 7. The predicted octanol–water partition coefficient (Wildman–Crippen LogP) is 2.58. The SMILES string of the molecule is CN(Cc1ccc(OC(F)F)cc1)C(=O)c1ccccc1S(=O)(=O)N1CCOCC1. The summed E-state index contributed by atoms with van der Waals surface area (Å²) in [7, 11) is -2.30. The van der Waals surface area contributed by atoms with Crippen LogP contribution in [0.2, 0.25) is 0 Å². The molecule has 7 nitrogen and oxygen atoms in total. The van der Waals surface area contributed by atoms with E-state index in [0.717, 1.165) is 0 Å². The highest BCUT2D eigenvalue weighted by Crippen LogP contribution is 2.23. The molecule has 0 aliphatic carbocycles. The largest absolute Gasteiger partial charge is 0.435 e. The van der Waals surface area contributed by atoms with E-state index in [1.54, 1.807) is 31.3 Å². The third-order valence-corrected chi connectivity index (χ3v) is 6.58. The van der Waals surface area contributed by atoms with Crippen LogP contribution in [-0.4, -0.2) is 63.5 Å². The van der Waals surface area contributed by atoms with E-state index in [0.29, 0.717) is 18.8 Å². The number of carbonyl (C=O) groups excluding carboxylic acids is 1. The molecule has 30 heavy (non-hydrogen) atoms.